The standard InChI is InChI=1S/C48H28N4O2/c1-2-11-30(12-3-1)46-50-47(52-48(51-46)45-44-38-16-7-9-19-40(38)54-42(44)27-28-49-45)31-23-21-29(22-24-31)32-25-26-35(34-14-5-4-13-33(32)34)36-17-10-20-41-43(36)37-15-6-8-18-39(37)53-41/h1-28H. The number of para-hydroxylation sites is 2. The van der Waals surface area contributed by atoms with Crippen molar-refractivity contribution < 1.29 is 8.83 Å². The normalized spacial score (nSPS) is 11.7. The van der Waals surface area contributed by atoms with E-state index in [1.165, 1.54) is 16.3 Å². The van der Waals surface area contributed by atoms with E-state index in [2.05, 4.69) is 84.9 Å². The molecule has 0 aliphatic rings. The van der Waals surface area contributed by atoms with Crippen LogP contribution < -0.4 is 0 Å². The maximum atomic E-state index is 6.24. The maximum absolute atomic E-state index is 6.24. The molecule has 0 atom stereocenters. The number of furan rings is 2. The highest BCUT2D eigenvalue weighted by molar-refractivity contribution is 6.16. The largest absolute Gasteiger partial charge is 0.456 e. The molecule has 0 radical (unpaired) electrons. The van der Waals surface area contributed by atoms with Crippen molar-refractivity contribution in [3.05, 3.63) is 170 Å². The molecule has 252 valence electrons. The average molecular weight is 693 g/mol. The van der Waals surface area contributed by atoms with E-state index in [0.717, 1.165) is 71.7 Å². The number of hydrogen-bond donors (Lipinski definition) is 0. The highest BCUT2D eigenvalue weighted by Crippen LogP contribution is 2.42. The van der Waals surface area contributed by atoms with Gasteiger partial charge in [-0.25, -0.2) is 15.0 Å². The monoisotopic (exact) mass is 692 g/mol. The summed E-state index contributed by atoms with van der Waals surface area (Å²) in [6, 6.07) is 56.0. The van der Waals surface area contributed by atoms with Crippen LogP contribution in [0.5, 0.6) is 0 Å². The Hall–Kier alpha value is -7.44. The van der Waals surface area contributed by atoms with E-state index in [4.69, 9.17) is 28.8 Å². The Labute approximate surface area is 309 Å². The molecule has 7 aromatic carbocycles. The van der Waals surface area contributed by atoms with Gasteiger partial charge in [-0.2, -0.15) is 0 Å². The minimum atomic E-state index is 0.488. The van der Waals surface area contributed by atoms with Crippen LogP contribution in [0.25, 0.3) is 111 Å². The van der Waals surface area contributed by atoms with Crippen LogP contribution in [0.1, 0.15) is 0 Å². The third-order valence-corrected chi connectivity index (χ3v) is 10.2. The molecule has 0 N–H and O–H groups in total. The second kappa shape index (κ2) is 12.1. The summed E-state index contributed by atoms with van der Waals surface area (Å²) in [6.45, 7) is 0. The van der Waals surface area contributed by atoms with Crippen molar-refractivity contribution in [1.29, 1.82) is 0 Å². The first-order valence-electron chi connectivity index (χ1n) is 17.9. The molecule has 0 saturated carbocycles. The zero-order valence-corrected chi connectivity index (χ0v) is 28.8. The Morgan fingerprint density at radius 3 is 1.56 bits per heavy atom. The van der Waals surface area contributed by atoms with Gasteiger partial charge in [0.1, 0.15) is 28.0 Å². The summed E-state index contributed by atoms with van der Waals surface area (Å²) in [7, 11) is 0. The number of hydrogen-bond acceptors (Lipinski definition) is 6. The summed E-state index contributed by atoms with van der Waals surface area (Å²) in [5.41, 5.74) is 10.3. The van der Waals surface area contributed by atoms with Crippen LogP contribution in [0, 0.1) is 0 Å². The van der Waals surface area contributed by atoms with E-state index in [1.54, 1.807) is 6.20 Å². The average Bonchev–Trinajstić information content (AvgIpc) is 3.82. The molecule has 4 heterocycles. The summed E-state index contributed by atoms with van der Waals surface area (Å²) in [6.07, 6.45) is 1.74. The van der Waals surface area contributed by atoms with Crippen molar-refractivity contribution >= 4 is 54.6 Å². The van der Waals surface area contributed by atoms with Crippen molar-refractivity contribution in [1.82, 2.24) is 19.9 Å². The maximum Gasteiger partial charge on any atom is 0.183 e. The van der Waals surface area contributed by atoms with E-state index in [1.807, 2.05) is 78.9 Å². The van der Waals surface area contributed by atoms with E-state index >= 15 is 0 Å². The fraction of sp³-hybridized carbons (Fsp3) is 0. The second-order valence-corrected chi connectivity index (χ2v) is 13.4. The van der Waals surface area contributed by atoms with Crippen molar-refractivity contribution in [2.45, 2.75) is 0 Å². The molecule has 0 unspecified atom stereocenters. The lowest BCUT2D eigenvalue weighted by molar-refractivity contribution is 0.668. The summed E-state index contributed by atoms with van der Waals surface area (Å²) in [5, 5.41) is 6.46. The Bertz CT molecular complexity index is 3220. The molecule has 4 aromatic heterocycles. The smallest absolute Gasteiger partial charge is 0.183 e. The topological polar surface area (TPSA) is 77.8 Å². The predicted molar refractivity (Wildman–Crippen MR) is 217 cm³/mol. The molecule has 11 aromatic rings. The zero-order chi connectivity index (χ0) is 35.6. The van der Waals surface area contributed by atoms with Crippen LogP contribution in [0.3, 0.4) is 0 Å². The molecule has 6 nitrogen and oxygen atoms in total. The van der Waals surface area contributed by atoms with Gasteiger partial charge in [-0.05, 0) is 57.3 Å². The summed E-state index contributed by atoms with van der Waals surface area (Å²) < 4.78 is 12.4. The number of fused-ring (bicyclic) bond motifs is 7. The van der Waals surface area contributed by atoms with E-state index in [9.17, 15) is 0 Å². The molecule has 0 amide bonds. The molecular weight excluding hydrogens is 665 g/mol. The van der Waals surface area contributed by atoms with Crippen LogP contribution in [-0.4, -0.2) is 19.9 Å². The summed E-state index contributed by atoms with van der Waals surface area (Å²) in [4.78, 5) is 19.8. The third kappa shape index (κ3) is 4.81. The first-order valence-corrected chi connectivity index (χ1v) is 17.9. The lowest BCUT2D eigenvalue weighted by Gasteiger charge is -2.13. The molecule has 0 aliphatic carbocycles. The van der Waals surface area contributed by atoms with Crippen molar-refractivity contribution in [2.24, 2.45) is 0 Å². The Balaban J connectivity index is 1.04. The van der Waals surface area contributed by atoms with Gasteiger partial charge < -0.3 is 8.83 Å². The number of benzene rings is 7. The second-order valence-electron chi connectivity index (χ2n) is 13.4. The molecule has 0 aliphatic heterocycles. The number of aromatic nitrogens is 4. The Morgan fingerprint density at radius 2 is 0.833 bits per heavy atom. The number of rotatable bonds is 5. The van der Waals surface area contributed by atoms with E-state index < -0.39 is 0 Å². The van der Waals surface area contributed by atoms with Gasteiger partial charge in [-0.1, -0.05) is 140 Å². The van der Waals surface area contributed by atoms with Crippen LogP contribution in [-0.2, 0) is 0 Å². The molecule has 54 heavy (non-hydrogen) atoms. The Kier molecular flexibility index (Phi) is 6.75. The zero-order valence-electron chi connectivity index (χ0n) is 28.8. The van der Waals surface area contributed by atoms with Gasteiger partial charge in [-0.3, -0.25) is 4.98 Å². The number of pyridine rings is 1. The fourth-order valence-corrected chi connectivity index (χ4v) is 7.75. The molecular formula is C48H28N4O2. The lowest BCUT2D eigenvalue weighted by Crippen LogP contribution is -2.01. The summed E-state index contributed by atoms with van der Waals surface area (Å²) in [5.74, 6) is 1.63. The van der Waals surface area contributed by atoms with Gasteiger partial charge in [0.15, 0.2) is 17.5 Å². The minimum Gasteiger partial charge on any atom is -0.456 e. The predicted octanol–water partition coefficient (Wildman–Crippen LogP) is 12.6. The lowest BCUT2D eigenvalue weighted by atomic mass is 9.90. The molecule has 11 rings (SSSR count). The van der Waals surface area contributed by atoms with Crippen LogP contribution in [0.2, 0.25) is 0 Å². The molecule has 0 fully saturated rings. The molecule has 0 bridgehead atoms. The quantitative estimate of drug-likeness (QED) is 0.179. The van der Waals surface area contributed by atoms with Gasteiger partial charge in [0.2, 0.25) is 0 Å². The first-order chi connectivity index (χ1) is 26.8. The summed E-state index contributed by atoms with van der Waals surface area (Å²) >= 11 is 0. The van der Waals surface area contributed by atoms with Gasteiger partial charge in [0, 0.05) is 33.5 Å². The van der Waals surface area contributed by atoms with Crippen LogP contribution in [0.15, 0.2) is 179 Å². The number of nitrogens with zero attached hydrogens (tertiary/aromatic N) is 4. The van der Waals surface area contributed by atoms with Gasteiger partial charge >= 0.3 is 0 Å². The molecule has 6 heteroatoms. The molecule has 0 saturated heterocycles. The van der Waals surface area contributed by atoms with Gasteiger partial charge in [0.05, 0.1) is 5.39 Å². The fourth-order valence-electron chi connectivity index (χ4n) is 7.75. The minimum absolute atomic E-state index is 0.488. The van der Waals surface area contributed by atoms with Crippen LogP contribution >= 0.6 is 0 Å². The highest BCUT2D eigenvalue weighted by Gasteiger charge is 2.20. The first kappa shape index (κ1) is 30.2. The Morgan fingerprint density at radius 1 is 0.315 bits per heavy atom. The SMILES string of the molecule is c1ccc(-c2nc(-c3ccc(-c4ccc(-c5cccc6oc7ccccc7c56)c5ccccc45)cc3)nc(-c3nccc4oc5ccccc5c34)n2)cc1. The molecule has 0 spiro atoms. The van der Waals surface area contributed by atoms with Gasteiger partial charge in [-0.15, -0.1) is 0 Å². The third-order valence-electron chi connectivity index (χ3n) is 10.2. The van der Waals surface area contributed by atoms with Crippen LogP contribution in [0.4, 0.5) is 0 Å². The van der Waals surface area contributed by atoms with Crippen molar-refractivity contribution in [2.75, 3.05) is 0 Å². The highest BCUT2D eigenvalue weighted by atomic mass is 16.3. The van der Waals surface area contributed by atoms with Gasteiger partial charge in [0.25, 0.3) is 0 Å². The van der Waals surface area contributed by atoms with Crippen molar-refractivity contribution in [3.63, 3.8) is 0 Å². The van der Waals surface area contributed by atoms with Crippen molar-refractivity contribution in [3.8, 4) is 56.5 Å². The van der Waals surface area contributed by atoms with E-state index in [0.29, 0.717) is 23.2 Å². The van der Waals surface area contributed by atoms with E-state index in [-0.39, 0.29) is 0 Å².